The summed E-state index contributed by atoms with van der Waals surface area (Å²) < 4.78 is 5.73. The molecule has 0 aliphatic carbocycles. The molecule has 0 heterocycles. The van der Waals surface area contributed by atoms with Gasteiger partial charge in [-0.25, -0.2) is 0 Å². The van der Waals surface area contributed by atoms with E-state index in [9.17, 15) is 15.3 Å². The van der Waals surface area contributed by atoms with Crippen molar-refractivity contribution in [3.8, 4) is 5.75 Å². The van der Waals surface area contributed by atoms with Gasteiger partial charge in [-0.15, -0.1) is 12.6 Å². The van der Waals surface area contributed by atoms with Crippen LogP contribution in [0.2, 0.25) is 0 Å². The SMILES string of the molecule is OCc1cc(C(O)CNCCCCCCOCCCCc2cccc(S)c2)ccc1O. The minimum absolute atomic E-state index is 0.0509. The molecule has 5 nitrogen and oxygen atoms in total. The van der Waals surface area contributed by atoms with Crippen LogP contribution in [0.3, 0.4) is 0 Å². The lowest BCUT2D eigenvalue weighted by Crippen LogP contribution is -2.22. The number of hydrogen-bond acceptors (Lipinski definition) is 6. The zero-order valence-corrected chi connectivity index (χ0v) is 19.2. The number of phenols is 1. The van der Waals surface area contributed by atoms with Crippen molar-refractivity contribution in [1.82, 2.24) is 5.32 Å². The molecule has 4 N–H and O–H groups in total. The van der Waals surface area contributed by atoms with Gasteiger partial charge in [0.2, 0.25) is 0 Å². The van der Waals surface area contributed by atoms with Crippen molar-refractivity contribution in [3.63, 3.8) is 0 Å². The van der Waals surface area contributed by atoms with Crippen molar-refractivity contribution in [1.29, 1.82) is 0 Å². The van der Waals surface area contributed by atoms with Gasteiger partial charge in [-0.1, -0.05) is 31.0 Å². The minimum atomic E-state index is -0.652. The Labute approximate surface area is 191 Å². The summed E-state index contributed by atoms with van der Waals surface area (Å²) in [5, 5.41) is 32.3. The number of nitrogens with one attached hydrogen (secondary N) is 1. The molecule has 31 heavy (non-hydrogen) atoms. The molecule has 2 aromatic carbocycles. The molecule has 0 aliphatic rings. The van der Waals surface area contributed by atoms with E-state index in [1.807, 2.05) is 6.07 Å². The molecule has 1 atom stereocenters. The van der Waals surface area contributed by atoms with E-state index in [-0.39, 0.29) is 12.4 Å². The number of aryl methyl sites for hydroxylation is 1. The van der Waals surface area contributed by atoms with Crippen LogP contribution in [-0.2, 0) is 17.8 Å². The number of aliphatic hydroxyl groups excluding tert-OH is 2. The number of ether oxygens (including phenoxy) is 1. The predicted octanol–water partition coefficient (Wildman–Crippen LogP) is 4.40. The maximum absolute atomic E-state index is 10.2. The quantitative estimate of drug-likeness (QED) is 0.195. The number of hydrogen-bond donors (Lipinski definition) is 5. The first-order valence-corrected chi connectivity index (χ1v) is 11.7. The van der Waals surface area contributed by atoms with Crippen molar-refractivity contribution >= 4 is 12.6 Å². The highest BCUT2D eigenvalue weighted by Crippen LogP contribution is 2.22. The highest BCUT2D eigenvalue weighted by atomic mass is 32.1. The van der Waals surface area contributed by atoms with Gasteiger partial charge in [-0.3, -0.25) is 0 Å². The zero-order chi connectivity index (χ0) is 22.3. The monoisotopic (exact) mass is 447 g/mol. The summed E-state index contributed by atoms with van der Waals surface area (Å²) in [5.74, 6) is 0.0509. The molecule has 6 heteroatoms. The molecule has 0 aliphatic heterocycles. The summed E-state index contributed by atoms with van der Waals surface area (Å²) in [5.41, 5.74) is 2.47. The van der Waals surface area contributed by atoms with Crippen LogP contribution in [0.1, 0.15) is 61.3 Å². The second-order valence-electron chi connectivity index (χ2n) is 7.92. The maximum Gasteiger partial charge on any atom is 0.121 e. The summed E-state index contributed by atoms with van der Waals surface area (Å²) in [7, 11) is 0. The lowest BCUT2D eigenvalue weighted by Gasteiger charge is -2.14. The summed E-state index contributed by atoms with van der Waals surface area (Å²) in [6, 6.07) is 13.2. The molecule has 0 bridgehead atoms. The topological polar surface area (TPSA) is 82.0 Å². The van der Waals surface area contributed by atoms with Crippen molar-refractivity contribution in [3.05, 3.63) is 59.2 Å². The Hall–Kier alpha value is -1.57. The van der Waals surface area contributed by atoms with Crippen molar-refractivity contribution in [2.75, 3.05) is 26.3 Å². The number of benzene rings is 2. The number of unbranched alkanes of at least 4 members (excludes halogenated alkanes) is 4. The van der Waals surface area contributed by atoms with E-state index < -0.39 is 6.10 Å². The molecule has 0 spiro atoms. The van der Waals surface area contributed by atoms with E-state index in [1.165, 1.54) is 11.6 Å². The van der Waals surface area contributed by atoms with Gasteiger partial charge >= 0.3 is 0 Å². The van der Waals surface area contributed by atoms with Gasteiger partial charge in [-0.2, -0.15) is 0 Å². The van der Waals surface area contributed by atoms with Crippen molar-refractivity contribution in [2.45, 2.75) is 62.6 Å². The summed E-state index contributed by atoms with van der Waals surface area (Å²) in [6.07, 6.45) is 7.09. The average molecular weight is 448 g/mol. The van der Waals surface area contributed by atoms with Gasteiger partial charge in [0.05, 0.1) is 12.7 Å². The van der Waals surface area contributed by atoms with Crippen LogP contribution in [0.15, 0.2) is 47.4 Å². The van der Waals surface area contributed by atoms with Crippen molar-refractivity contribution in [2.24, 2.45) is 0 Å². The molecule has 0 saturated heterocycles. The maximum atomic E-state index is 10.2. The highest BCUT2D eigenvalue weighted by Gasteiger charge is 2.09. The Morgan fingerprint density at radius 1 is 0.935 bits per heavy atom. The number of aliphatic hydroxyl groups is 2. The standard InChI is InChI=1S/C25H37NO4S/c27-19-22-17-21(11-12-24(22)28)25(29)18-26-13-4-1-2-5-14-30-15-6-3-8-20-9-7-10-23(31)16-20/h7,9-12,16-17,25-29,31H,1-6,8,13-15,18-19H2. The smallest absolute Gasteiger partial charge is 0.121 e. The van der Waals surface area contributed by atoms with Crippen LogP contribution >= 0.6 is 12.6 Å². The molecule has 0 fully saturated rings. The first-order valence-electron chi connectivity index (χ1n) is 11.3. The van der Waals surface area contributed by atoms with Crippen LogP contribution in [0, 0.1) is 0 Å². The molecule has 0 amide bonds. The Morgan fingerprint density at radius 2 is 1.71 bits per heavy atom. The fourth-order valence-corrected chi connectivity index (χ4v) is 3.70. The second-order valence-corrected chi connectivity index (χ2v) is 8.44. The Kier molecular flexibility index (Phi) is 12.7. The van der Waals surface area contributed by atoms with Gasteiger partial charge in [-0.05, 0) is 74.0 Å². The number of rotatable bonds is 16. The molecule has 0 saturated carbocycles. The lowest BCUT2D eigenvalue weighted by molar-refractivity contribution is 0.126. The third-order valence-electron chi connectivity index (χ3n) is 5.30. The molecule has 172 valence electrons. The van der Waals surface area contributed by atoms with E-state index in [0.29, 0.717) is 17.7 Å². The Bertz CT molecular complexity index is 756. The van der Waals surface area contributed by atoms with E-state index in [0.717, 1.165) is 69.6 Å². The minimum Gasteiger partial charge on any atom is -0.508 e. The zero-order valence-electron chi connectivity index (χ0n) is 18.3. The predicted molar refractivity (Wildman–Crippen MR) is 128 cm³/mol. The van der Waals surface area contributed by atoms with E-state index in [4.69, 9.17) is 4.74 Å². The van der Waals surface area contributed by atoms with Crippen LogP contribution in [0.25, 0.3) is 0 Å². The van der Waals surface area contributed by atoms with Crippen LogP contribution in [0.5, 0.6) is 5.75 Å². The molecule has 2 aromatic rings. The van der Waals surface area contributed by atoms with E-state index in [2.05, 4.69) is 36.1 Å². The van der Waals surface area contributed by atoms with Gasteiger partial charge in [0.1, 0.15) is 5.75 Å². The normalized spacial score (nSPS) is 12.2. The second kappa shape index (κ2) is 15.3. The average Bonchev–Trinajstić information content (AvgIpc) is 2.77. The Balaban J connectivity index is 1.39. The Morgan fingerprint density at radius 3 is 2.48 bits per heavy atom. The fourth-order valence-electron chi connectivity index (χ4n) is 3.45. The van der Waals surface area contributed by atoms with Crippen LogP contribution < -0.4 is 5.32 Å². The van der Waals surface area contributed by atoms with E-state index >= 15 is 0 Å². The highest BCUT2D eigenvalue weighted by molar-refractivity contribution is 7.80. The van der Waals surface area contributed by atoms with Crippen LogP contribution in [-0.4, -0.2) is 41.6 Å². The first kappa shape index (κ1) is 25.7. The van der Waals surface area contributed by atoms with Crippen molar-refractivity contribution < 1.29 is 20.1 Å². The van der Waals surface area contributed by atoms with Gasteiger partial charge in [0.25, 0.3) is 0 Å². The molecule has 1 unspecified atom stereocenters. The first-order chi connectivity index (χ1) is 15.1. The molecule has 2 rings (SSSR count). The molecule has 0 radical (unpaired) electrons. The van der Waals surface area contributed by atoms with Gasteiger partial charge in [0.15, 0.2) is 0 Å². The van der Waals surface area contributed by atoms with E-state index in [1.54, 1.807) is 12.1 Å². The lowest BCUT2D eigenvalue weighted by atomic mass is 10.1. The van der Waals surface area contributed by atoms with Gasteiger partial charge < -0.3 is 25.4 Å². The summed E-state index contributed by atoms with van der Waals surface area (Å²) in [6.45, 7) is 2.73. The third-order valence-corrected chi connectivity index (χ3v) is 5.58. The molecular formula is C25H37NO4S. The molecular weight excluding hydrogens is 410 g/mol. The van der Waals surface area contributed by atoms with Gasteiger partial charge in [0, 0.05) is 30.2 Å². The number of thiol groups is 1. The van der Waals surface area contributed by atoms with Crippen LogP contribution in [0.4, 0.5) is 0 Å². The third kappa shape index (κ3) is 10.5. The molecule has 0 aromatic heterocycles. The summed E-state index contributed by atoms with van der Waals surface area (Å²) >= 11 is 4.37. The largest absolute Gasteiger partial charge is 0.508 e. The summed E-state index contributed by atoms with van der Waals surface area (Å²) in [4.78, 5) is 1.02. The number of aromatic hydroxyl groups is 1. The fraction of sp³-hybridized carbons (Fsp3) is 0.520.